The Labute approximate surface area is 173 Å². The number of amides is 1. The van der Waals surface area contributed by atoms with Crippen molar-refractivity contribution in [2.45, 2.75) is 77.9 Å². The third kappa shape index (κ3) is 6.72. The van der Waals surface area contributed by atoms with Crippen LogP contribution in [0.25, 0.3) is 0 Å². The van der Waals surface area contributed by atoms with Gasteiger partial charge in [0.2, 0.25) is 0 Å². The van der Waals surface area contributed by atoms with Gasteiger partial charge in [-0.15, -0.1) is 0 Å². The second kappa shape index (κ2) is 9.59. The average molecular weight is 407 g/mol. The monoisotopic (exact) mass is 406 g/mol. The standard InChI is InChI=1S/C22H34N2O5/c1-7-27-19(25)13-17(23-14-16-11-9-8-10-12-16)18-15-28-22(5,6)24(18)20(26)29-21(2,3)4/h8-12,17-18,23H,7,13-15H2,1-6H3/t17?,18-/m1/s1. The molecule has 162 valence electrons. The van der Waals surface area contributed by atoms with Crippen LogP contribution in [0.4, 0.5) is 4.79 Å². The lowest BCUT2D eigenvalue weighted by atomic mass is 10.0. The Kier molecular flexibility index (Phi) is 7.66. The summed E-state index contributed by atoms with van der Waals surface area (Å²) >= 11 is 0. The van der Waals surface area contributed by atoms with Gasteiger partial charge in [0.15, 0.2) is 0 Å². The molecule has 1 N–H and O–H groups in total. The molecular formula is C22H34N2O5. The molecule has 1 fully saturated rings. The topological polar surface area (TPSA) is 77.1 Å². The van der Waals surface area contributed by atoms with Crippen molar-refractivity contribution in [3.8, 4) is 0 Å². The summed E-state index contributed by atoms with van der Waals surface area (Å²) in [7, 11) is 0. The maximum Gasteiger partial charge on any atom is 0.412 e. The second-order valence-corrected chi connectivity index (χ2v) is 8.66. The summed E-state index contributed by atoms with van der Waals surface area (Å²) in [6.07, 6.45) is -0.329. The smallest absolute Gasteiger partial charge is 0.412 e. The Morgan fingerprint density at radius 3 is 2.52 bits per heavy atom. The van der Waals surface area contributed by atoms with Crippen LogP contribution in [0.5, 0.6) is 0 Å². The van der Waals surface area contributed by atoms with Crippen molar-refractivity contribution in [3.63, 3.8) is 0 Å². The lowest BCUT2D eigenvalue weighted by molar-refractivity contribution is -0.144. The van der Waals surface area contributed by atoms with E-state index < -0.39 is 17.4 Å². The van der Waals surface area contributed by atoms with Gasteiger partial charge in [0, 0.05) is 12.6 Å². The summed E-state index contributed by atoms with van der Waals surface area (Å²) < 4.78 is 16.7. The number of nitrogens with zero attached hydrogens (tertiary/aromatic N) is 1. The van der Waals surface area contributed by atoms with E-state index in [-0.39, 0.29) is 24.5 Å². The molecule has 0 aliphatic carbocycles. The fourth-order valence-electron chi connectivity index (χ4n) is 3.38. The number of hydrogen-bond donors (Lipinski definition) is 1. The first-order valence-corrected chi connectivity index (χ1v) is 10.1. The zero-order valence-corrected chi connectivity index (χ0v) is 18.4. The highest BCUT2D eigenvalue weighted by atomic mass is 16.6. The molecule has 0 saturated carbocycles. The molecule has 1 unspecified atom stereocenters. The van der Waals surface area contributed by atoms with Gasteiger partial charge in [-0.3, -0.25) is 9.69 Å². The molecule has 1 aliphatic rings. The highest BCUT2D eigenvalue weighted by Gasteiger charge is 2.48. The van der Waals surface area contributed by atoms with Crippen LogP contribution in [0, 0.1) is 0 Å². The molecule has 29 heavy (non-hydrogen) atoms. The third-order valence-electron chi connectivity index (χ3n) is 4.68. The van der Waals surface area contributed by atoms with Gasteiger partial charge in [-0.05, 0) is 47.1 Å². The lowest BCUT2D eigenvalue weighted by Crippen LogP contribution is -2.56. The lowest BCUT2D eigenvalue weighted by Gasteiger charge is -2.37. The van der Waals surface area contributed by atoms with E-state index in [9.17, 15) is 9.59 Å². The molecule has 0 spiro atoms. The minimum atomic E-state index is -0.839. The van der Waals surface area contributed by atoms with Crippen molar-refractivity contribution in [2.75, 3.05) is 13.2 Å². The van der Waals surface area contributed by atoms with Gasteiger partial charge in [-0.2, -0.15) is 0 Å². The van der Waals surface area contributed by atoms with Crippen LogP contribution in [0.2, 0.25) is 0 Å². The molecule has 1 saturated heterocycles. The molecule has 1 aliphatic heterocycles. The Balaban J connectivity index is 2.23. The van der Waals surface area contributed by atoms with E-state index in [1.165, 1.54) is 0 Å². The average Bonchev–Trinajstić information content (AvgIpc) is 2.93. The summed E-state index contributed by atoms with van der Waals surface area (Å²) in [5.41, 5.74) is -0.383. The minimum Gasteiger partial charge on any atom is -0.466 e. The summed E-state index contributed by atoms with van der Waals surface area (Å²) in [5, 5.41) is 3.42. The summed E-state index contributed by atoms with van der Waals surface area (Å²) in [4.78, 5) is 26.8. The van der Waals surface area contributed by atoms with Gasteiger partial charge in [-0.1, -0.05) is 30.3 Å². The normalized spacial score (nSPS) is 19.7. The molecule has 0 aromatic heterocycles. The molecule has 2 rings (SSSR count). The molecular weight excluding hydrogens is 372 g/mol. The molecule has 1 amide bonds. The molecule has 7 nitrogen and oxygen atoms in total. The highest BCUT2D eigenvalue weighted by Crippen LogP contribution is 2.32. The maximum atomic E-state index is 13.0. The van der Waals surface area contributed by atoms with Crippen molar-refractivity contribution in [2.24, 2.45) is 0 Å². The van der Waals surface area contributed by atoms with Crippen LogP contribution in [0.15, 0.2) is 30.3 Å². The van der Waals surface area contributed by atoms with Crippen LogP contribution in [0.1, 0.15) is 53.5 Å². The highest BCUT2D eigenvalue weighted by molar-refractivity contribution is 5.72. The number of ether oxygens (including phenoxy) is 3. The summed E-state index contributed by atoms with van der Waals surface area (Å²) in [6.45, 7) is 12.1. The molecule has 1 aromatic carbocycles. The molecule has 1 aromatic rings. The quantitative estimate of drug-likeness (QED) is 0.699. The Morgan fingerprint density at radius 1 is 1.28 bits per heavy atom. The van der Waals surface area contributed by atoms with Crippen molar-refractivity contribution in [3.05, 3.63) is 35.9 Å². The van der Waals surface area contributed by atoms with E-state index in [0.717, 1.165) is 5.56 Å². The van der Waals surface area contributed by atoms with Crippen molar-refractivity contribution in [1.82, 2.24) is 10.2 Å². The zero-order chi connectivity index (χ0) is 21.7. The number of benzene rings is 1. The Morgan fingerprint density at radius 2 is 1.93 bits per heavy atom. The van der Waals surface area contributed by atoms with E-state index in [0.29, 0.717) is 19.8 Å². The molecule has 7 heteroatoms. The molecule has 0 radical (unpaired) electrons. The Bertz CT molecular complexity index is 684. The van der Waals surface area contributed by atoms with E-state index >= 15 is 0 Å². The van der Waals surface area contributed by atoms with Gasteiger partial charge < -0.3 is 19.5 Å². The van der Waals surface area contributed by atoms with Gasteiger partial charge in [0.25, 0.3) is 0 Å². The Hall–Kier alpha value is -2.12. The summed E-state index contributed by atoms with van der Waals surface area (Å²) in [6, 6.07) is 9.19. The predicted molar refractivity (Wildman–Crippen MR) is 110 cm³/mol. The molecule has 2 atom stereocenters. The van der Waals surface area contributed by atoms with Gasteiger partial charge in [0.05, 0.1) is 25.7 Å². The third-order valence-corrected chi connectivity index (χ3v) is 4.68. The number of esters is 1. The number of nitrogens with one attached hydrogen (secondary N) is 1. The van der Waals surface area contributed by atoms with Crippen LogP contribution in [-0.4, -0.2) is 53.6 Å². The number of carbonyl (C=O) groups excluding carboxylic acids is 2. The fraction of sp³-hybridized carbons (Fsp3) is 0.636. The predicted octanol–water partition coefficient (Wildman–Crippen LogP) is 3.47. The van der Waals surface area contributed by atoms with Crippen molar-refractivity contribution in [1.29, 1.82) is 0 Å². The summed E-state index contributed by atoms with van der Waals surface area (Å²) in [5.74, 6) is -0.313. The molecule has 1 heterocycles. The van der Waals surface area contributed by atoms with Crippen molar-refractivity contribution < 1.29 is 23.8 Å². The van der Waals surface area contributed by atoms with E-state index in [2.05, 4.69) is 5.32 Å². The number of carbonyl (C=O) groups is 2. The second-order valence-electron chi connectivity index (χ2n) is 8.66. The zero-order valence-electron chi connectivity index (χ0n) is 18.4. The number of hydrogen-bond acceptors (Lipinski definition) is 6. The SMILES string of the molecule is CCOC(=O)CC(NCc1ccccc1)[C@H]1COC(C)(C)N1C(=O)OC(C)(C)C. The number of rotatable bonds is 7. The van der Waals surface area contributed by atoms with Crippen LogP contribution >= 0.6 is 0 Å². The minimum absolute atomic E-state index is 0.129. The van der Waals surface area contributed by atoms with E-state index in [1.54, 1.807) is 11.8 Å². The molecule has 0 bridgehead atoms. The largest absolute Gasteiger partial charge is 0.466 e. The fourth-order valence-corrected chi connectivity index (χ4v) is 3.38. The first-order valence-electron chi connectivity index (χ1n) is 10.1. The van der Waals surface area contributed by atoms with Gasteiger partial charge in [0.1, 0.15) is 11.3 Å². The van der Waals surface area contributed by atoms with E-state index in [1.807, 2.05) is 65.0 Å². The van der Waals surface area contributed by atoms with Crippen molar-refractivity contribution >= 4 is 12.1 Å². The van der Waals surface area contributed by atoms with Crippen LogP contribution in [0.3, 0.4) is 0 Å². The van der Waals surface area contributed by atoms with Gasteiger partial charge in [-0.25, -0.2) is 4.79 Å². The van der Waals surface area contributed by atoms with E-state index in [4.69, 9.17) is 14.2 Å². The first kappa shape index (κ1) is 23.2. The van der Waals surface area contributed by atoms with Gasteiger partial charge >= 0.3 is 12.1 Å². The maximum absolute atomic E-state index is 13.0. The first-order chi connectivity index (χ1) is 13.5. The van der Waals surface area contributed by atoms with Crippen LogP contribution in [-0.2, 0) is 25.5 Å². The van der Waals surface area contributed by atoms with Crippen LogP contribution < -0.4 is 5.32 Å².